The van der Waals surface area contributed by atoms with Crippen LogP contribution in [0.3, 0.4) is 0 Å². The molecule has 3 aromatic carbocycles. The summed E-state index contributed by atoms with van der Waals surface area (Å²) in [4.78, 5) is 12.7. The van der Waals surface area contributed by atoms with E-state index in [4.69, 9.17) is 74.3 Å². The van der Waals surface area contributed by atoms with Crippen molar-refractivity contribution >= 4 is 91.4 Å². The highest BCUT2D eigenvalue weighted by Crippen LogP contribution is 2.41. The van der Waals surface area contributed by atoms with Gasteiger partial charge in [-0.15, -0.1) is 0 Å². The van der Waals surface area contributed by atoms with E-state index in [1.54, 1.807) is 0 Å². The molecule has 2 heterocycles. The zero-order chi connectivity index (χ0) is 25.5. The molecule has 0 aliphatic carbocycles. The summed E-state index contributed by atoms with van der Waals surface area (Å²) in [5.74, 6) is 0.766. The summed E-state index contributed by atoms with van der Waals surface area (Å²) in [7, 11) is 0. The van der Waals surface area contributed by atoms with E-state index in [0.29, 0.717) is 18.7 Å². The molecule has 184 valence electrons. The molecule has 5 rings (SSSR count). The first-order valence-electron chi connectivity index (χ1n) is 10.7. The molecule has 2 aromatic heterocycles. The summed E-state index contributed by atoms with van der Waals surface area (Å²) in [5.41, 5.74) is 2.74. The second-order valence-corrected chi connectivity index (χ2v) is 12.4. The molecule has 0 aliphatic heterocycles. The highest BCUT2D eigenvalue weighted by molar-refractivity contribution is 6.67. The van der Waals surface area contributed by atoms with Crippen LogP contribution in [0.25, 0.3) is 33.2 Å². The lowest BCUT2D eigenvalue weighted by atomic mass is 10.1. The van der Waals surface area contributed by atoms with Gasteiger partial charge in [0.05, 0.1) is 6.54 Å². The van der Waals surface area contributed by atoms with Crippen LogP contribution in [0.4, 0.5) is 0 Å². The first-order valence-corrected chi connectivity index (χ1v) is 13.0. The Morgan fingerprint density at radius 1 is 0.667 bits per heavy atom. The third-order valence-corrected chi connectivity index (χ3v) is 6.51. The van der Waals surface area contributed by atoms with Crippen LogP contribution in [0.2, 0.25) is 0 Å². The number of aromatic nitrogens is 4. The molecule has 0 atom stereocenters. The monoisotopic (exact) mass is 598 g/mol. The molecular weight excluding hydrogens is 585 g/mol. The SMILES string of the molecule is ClC(Cl)(Cl)c1nc(-c2ccc3c(c2)c2ccccc2n3CCOc2ccccc2)nc(C(Cl)(Cl)Cl)n1. The van der Waals surface area contributed by atoms with Crippen molar-refractivity contribution in [1.29, 1.82) is 0 Å². The van der Waals surface area contributed by atoms with E-state index >= 15 is 0 Å². The number of fused-ring (bicyclic) bond motifs is 3. The van der Waals surface area contributed by atoms with Crippen LogP contribution in [-0.2, 0) is 14.1 Å². The van der Waals surface area contributed by atoms with Crippen molar-refractivity contribution in [3.05, 3.63) is 84.4 Å². The predicted molar refractivity (Wildman–Crippen MR) is 149 cm³/mol. The van der Waals surface area contributed by atoms with Gasteiger partial charge in [-0.3, -0.25) is 0 Å². The Bertz CT molecular complexity index is 1510. The number of halogens is 6. The first kappa shape index (κ1) is 25.7. The van der Waals surface area contributed by atoms with E-state index in [2.05, 4.69) is 31.7 Å². The number of para-hydroxylation sites is 2. The van der Waals surface area contributed by atoms with Crippen LogP contribution in [0, 0.1) is 0 Å². The number of rotatable bonds is 5. The number of benzene rings is 3. The topological polar surface area (TPSA) is 52.8 Å². The summed E-state index contributed by atoms with van der Waals surface area (Å²) in [6, 6.07) is 23.7. The molecule has 0 radical (unpaired) electrons. The van der Waals surface area contributed by atoms with Gasteiger partial charge >= 0.3 is 0 Å². The minimum Gasteiger partial charge on any atom is -0.492 e. The molecule has 0 amide bonds. The number of hydrogen-bond acceptors (Lipinski definition) is 4. The maximum absolute atomic E-state index is 6.04. The summed E-state index contributed by atoms with van der Waals surface area (Å²) in [6.45, 7) is 1.16. The number of nitrogens with zero attached hydrogens (tertiary/aromatic N) is 4. The Labute approximate surface area is 236 Å². The largest absolute Gasteiger partial charge is 0.492 e. The Morgan fingerprint density at radius 3 is 1.94 bits per heavy atom. The van der Waals surface area contributed by atoms with Crippen molar-refractivity contribution in [3.8, 4) is 17.1 Å². The van der Waals surface area contributed by atoms with E-state index < -0.39 is 7.59 Å². The van der Waals surface area contributed by atoms with Crippen LogP contribution >= 0.6 is 69.6 Å². The molecule has 0 bridgehead atoms. The second kappa shape index (κ2) is 10.1. The summed E-state index contributed by atoms with van der Waals surface area (Å²) in [5, 5.41) is 2.06. The Kier molecular flexibility index (Phi) is 7.16. The lowest BCUT2D eigenvalue weighted by Crippen LogP contribution is -2.16. The predicted octanol–water partition coefficient (Wildman–Crippen LogP) is 8.38. The molecule has 0 saturated heterocycles. The maximum atomic E-state index is 6.04. The van der Waals surface area contributed by atoms with Gasteiger partial charge in [-0.2, -0.15) is 0 Å². The van der Waals surface area contributed by atoms with E-state index in [9.17, 15) is 0 Å². The van der Waals surface area contributed by atoms with Crippen LogP contribution in [0.5, 0.6) is 5.75 Å². The van der Waals surface area contributed by atoms with Gasteiger partial charge in [0.2, 0.25) is 7.59 Å². The fraction of sp³-hybridized carbons (Fsp3) is 0.160. The van der Waals surface area contributed by atoms with Gasteiger partial charge in [-0.25, -0.2) is 15.0 Å². The van der Waals surface area contributed by atoms with E-state index in [1.165, 1.54) is 0 Å². The molecule has 0 saturated carbocycles. The van der Waals surface area contributed by atoms with E-state index in [-0.39, 0.29) is 17.5 Å². The quantitative estimate of drug-likeness (QED) is 0.190. The number of ether oxygens (including phenoxy) is 1. The Balaban J connectivity index is 1.58. The molecule has 11 heteroatoms. The Morgan fingerprint density at radius 2 is 1.28 bits per heavy atom. The average Bonchev–Trinajstić information content (AvgIpc) is 3.16. The van der Waals surface area contributed by atoms with Gasteiger partial charge in [0.15, 0.2) is 17.5 Å². The minimum absolute atomic E-state index is 0.139. The normalized spacial score (nSPS) is 12.4. The van der Waals surface area contributed by atoms with Gasteiger partial charge in [0.1, 0.15) is 12.4 Å². The van der Waals surface area contributed by atoms with Crippen molar-refractivity contribution in [1.82, 2.24) is 19.5 Å². The second-order valence-electron chi connectivity index (χ2n) is 7.86. The van der Waals surface area contributed by atoms with E-state index in [1.807, 2.05) is 60.7 Å². The van der Waals surface area contributed by atoms with Crippen LogP contribution in [-0.4, -0.2) is 26.1 Å². The fourth-order valence-electron chi connectivity index (χ4n) is 3.96. The molecular formula is C25H16Cl6N4O. The first-order chi connectivity index (χ1) is 17.1. The third-order valence-electron chi connectivity index (χ3n) is 5.50. The van der Waals surface area contributed by atoms with Gasteiger partial charge < -0.3 is 9.30 Å². The van der Waals surface area contributed by atoms with Crippen molar-refractivity contribution in [3.63, 3.8) is 0 Å². The van der Waals surface area contributed by atoms with Crippen molar-refractivity contribution < 1.29 is 4.74 Å². The summed E-state index contributed by atoms with van der Waals surface area (Å²) >= 11 is 36.3. The molecule has 5 nitrogen and oxygen atoms in total. The van der Waals surface area contributed by atoms with Crippen LogP contribution < -0.4 is 4.74 Å². The third kappa shape index (κ3) is 5.33. The molecule has 0 fully saturated rings. The smallest absolute Gasteiger partial charge is 0.250 e. The molecule has 5 aromatic rings. The summed E-state index contributed by atoms with van der Waals surface area (Å²) < 4.78 is 4.29. The molecule has 0 spiro atoms. The molecule has 0 aliphatic rings. The molecule has 0 N–H and O–H groups in total. The maximum Gasteiger partial charge on any atom is 0.250 e. The molecule has 36 heavy (non-hydrogen) atoms. The number of hydrogen-bond donors (Lipinski definition) is 0. The van der Waals surface area contributed by atoms with Crippen LogP contribution in [0.15, 0.2) is 72.8 Å². The van der Waals surface area contributed by atoms with Crippen molar-refractivity contribution in [2.45, 2.75) is 14.1 Å². The fourth-order valence-corrected chi connectivity index (χ4v) is 4.47. The Hall–Kier alpha value is -1.99. The van der Waals surface area contributed by atoms with Gasteiger partial charge in [0, 0.05) is 27.4 Å². The van der Waals surface area contributed by atoms with Crippen molar-refractivity contribution in [2.24, 2.45) is 0 Å². The highest BCUT2D eigenvalue weighted by atomic mass is 35.6. The zero-order valence-electron chi connectivity index (χ0n) is 18.3. The standard InChI is InChI=1S/C25H16Cl6N4O/c26-24(27,28)22-32-21(33-23(34-22)25(29,30)31)15-10-11-20-18(14-15)17-8-4-5-9-19(17)35(20)12-13-36-16-6-2-1-3-7-16/h1-11,14H,12-13H2. The average molecular weight is 601 g/mol. The minimum atomic E-state index is -1.93. The van der Waals surface area contributed by atoms with Crippen molar-refractivity contribution in [2.75, 3.05) is 6.61 Å². The molecule has 0 unspecified atom stereocenters. The van der Waals surface area contributed by atoms with E-state index in [0.717, 1.165) is 27.6 Å². The highest BCUT2D eigenvalue weighted by Gasteiger charge is 2.34. The zero-order valence-corrected chi connectivity index (χ0v) is 22.8. The van der Waals surface area contributed by atoms with Gasteiger partial charge in [-0.05, 0) is 36.4 Å². The lowest BCUT2D eigenvalue weighted by Gasteiger charge is -2.15. The van der Waals surface area contributed by atoms with Crippen LogP contribution in [0.1, 0.15) is 11.6 Å². The number of alkyl halides is 6. The van der Waals surface area contributed by atoms with Gasteiger partial charge in [0.25, 0.3) is 0 Å². The summed E-state index contributed by atoms with van der Waals surface area (Å²) in [6.07, 6.45) is 0. The van der Waals surface area contributed by atoms with Gasteiger partial charge in [-0.1, -0.05) is 106 Å². The lowest BCUT2D eigenvalue weighted by molar-refractivity contribution is 0.302.